The summed E-state index contributed by atoms with van der Waals surface area (Å²) in [5.74, 6) is 0. The minimum atomic E-state index is -0.150. The van der Waals surface area contributed by atoms with Gasteiger partial charge in [-0.3, -0.25) is 0 Å². The first-order chi connectivity index (χ1) is 72.6. The van der Waals surface area contributed by atoms with Gasteiger partial charge in [-0.15, -0.1) is 0 Å². The second kappa shape index (κ2) is 28.0. The van der Waals surface area contributed by atoms with E-state index in [1.807, 2.05) is 0 Å². The normalized spacial score (nSPS) is 14.8. The largest absolute Gasteiger partial charge is 0.312 e. The molecule has 0 atom stereocenters. The third kappa shape index (κ3) is 9.55. The quantitative estimate of drug-likeness (QED) is 0.151. The summed E-state index contributed by atoms with van der Waals surface area (Å²) in [4.78, 5) is 23.8. The Labute approximate surface area is 847 Å². The zero-order valence-electron chi connectivity index (χ0n) is 78.9. The van der Waals surface area contributed by atoms with Crippen LogP contribution in [0.4, 0.5) is 154 Å². The number of rotatable bonds is 6. The molecule has 0 fully saturated rings. The van der Waals surface area contributed by atoms with E-state index < -0.39 is 0 Å². The molecule has 14 heterocycles. The van der Waals surface area contributed by atoms with Crippen LogP contribution in [0.15, 0.2) is 461 Å². The van der Waals surface area contributed by atoms with Crippen LogP contribution in [0.1, 0.15) is 0 Å². The molecule has 0 N–H and O–H groups in total. The van der Waals surface area contributed by atoms with Gasteiger partial charge >= 0.3 is 0 Å². The van der Waals surface area contributed by atoms with Gasteiger partial charge in [-0.1, -0.05) is 315 Å². The molecule has 0 saturated carbocycles. The summed E-state index contributed by atoms with van der Waals surface area (Å²) in [5.41, 5.74) is 65.5. The summed E-state index contributed by atoms with van der Waals surface area (Å²) >= 11 is 0. The number of anilines is 27. The zero-order chi connectivity index (χ0) is 94.2. The van der Waals surface area contributed by atoms with E-state index >= 15 is 0 Å². The average Bonchev–Trinajstić information content (AvgIpc) is 0.642. The highest BCUT2D eigenvalue weighted by molar-refractivity contribution is 7.10. The van der Waals surface area contributed by atoms with E-state index in [2.05, 4.69) is 505 Å². The minimum absolute atomic E-state index is 0.00325. The summed E-state index contributed by atoms with van der Waals surface area (Å²) in [7, 11) is 0. The molecule has 16 heteroatoms. The lowest BCUT2D eigenvalue weighted by Crippen LogP contribution is -2.74. The van der Waals surface area contributed by atoms with Crippen LogP contribution >= 0.6 is 0 Å². The molecule has 0 radical (unpaired) electrons. The average molecular weight is 1840 g/mol. The summed E-state index contributed by atoms with van der Waals surface area (Å²) in [6, 6.07) is 178. The van der Waals surface area contributed by atoms with Gasteiger partial charge in [0.05, 0.1) is 5.69 Å². The number of nitrogens with zero attached hydrogens (tertiary/aromatic N) is 9. The van der Waals surface area contributed by atoms with E-state index in [-0.39, 0.29) is 47.0 Å². The van der Waals surface area contributed by atoms with Crippen molar-refractivity contribution in [2.75, 3.05) is 44.1 Å². The highest BCUT2D eigenvalue weighted by Gasteiger charge is 2.60. The van der Waals surface area contributed by atoms with Crippen LogP contribution in [0, 0.1) is 0 Å². The lowest BCUT2D eigenvalue weighted by Gasteiger charge is -2.55. The van der Waals surface area contributed by atoms with Crippen molar-refractivity contribution in [2.24, 2.45) is 0 Å². The van der Waals surface area contributed by atoms with E-state index in [9.17, 15) is 0 Å². The molecule has 0 spiro atoms. The Morgan fingerprint density at radius 3 is 0.836 bits per heavy atom. The van der Waals surface area contributed by atoms with Crippen molar-refractivity contribution >= 4 is 326 Å². The van der Waals surface area contributed by atoms with Crippen molar-refractivity contribution in [3.8, 4) is 22.3 Å². The van der Waals surface area contributed by atoms with Crippen LogP contribution in [-0.4, -0.2) is 47.0 Å². The number of hydrogen-bond acceptors (Lipinski definition) is 9. The van der Waals surface area contributed by atoms with Gasteiger partial charge in [0.15, 0.2) is 0 Å². The Balaban J connectivity index is 0.519. The molecule has 0 aliphatic carbocycles. The maximum absolute atomic E-state index is 2.74. The molecule has 0 unspecified atom stereocenters. The second-order valence-corrected chi connectivity index (χ2v) is 41.7. The Bertz CT molecular complexity index is 9750. The fourth-order valence-electron chi connectivity index (χ4n) is 30.0. The van der Waals surface area contributed by atoms with E-state index in [0.29, 0.717) is 0 Å². The molecule has 0 amide bonds. The molecule has 22 aromatic rings. The van der Waals surface area contributed by atoms with Gasteiger partial charge in [-0.2, -0.15) is 0 Å². The van der Waals surface area contributed by atoms with Crippen molar-refractivity contribution in [3.63, 3.8) is 0 Å². The number of benzene rings is 22. The maximum Gasteiger partial charge on any atom is 0.252 e. The topological polar surface area (TPSA) is 29.2 Å². The van der Waals surface area contributed by atoms with Crippen LogP contribution in [-0.2, 0) is 0 Å². The van der Waals surface area contributed by atoms with Crippen LogP contribution < -0.4 is 159 Å². The molecule has 36 rings (SSSR count). The van der Waals surface area contributed by atoms with Gasteiger partial charge in [0, 0.05) is 153 Å². The number of hydrogen-bond donors (Lipinski definition) is 0. The summed E-state index contributed by atoms with van der Waals surface area (Å²) in [5, 5.41) is 2.46. The van der Waals surface area contributed by atoms with E-state index in [1.165, 1.54) is 279 Å². The van der Waals surface area contributed by atoms with Crippen LogP contribution in [0.25, 0.3) is 33.0 Å². The Kier molecular flexibility index (Phi) is 14.8. The van der Waals surface area contributed by atoms with Crippen LogP contribution in [0.2, 0.25) is 0 Å². The van der Waals surface area contributed by atoms with Crippen LogP contribution in [0.3, 0.4) is 0 Å². The monoisotopic (exact) mass is 1840 g/mol. The molecule has 22 aromatic carbocycles. The highest BCUT2D eigenvalue weighted by Crippen LogP contribution is 2.57. The van der Waals surface area contributed by atoms with Gasteiger partial charge in [-0.25, -0.2) is 0 Å². The zero-order valence-corrected chi connectivity index (χ0v) is 78.9. The Morgan fingerprint density at radius 2 is 0.370 bits per heavy atom. The molecular weight excluding hydrogens is 1760 g/mol. The van der Waals surface area contributed by atoms with Gasteiger partial charge in [0.1, 0.15) is 0 Å². The minimum Gasteiger partial charge on any atom is -0.312 e. The summed E-state index contributed by atoms with van der Waals surface area (Å²) in [6.07, 6.45) is 0. The van der Waals surface area contributed by atoms with Gasteiger partial charge in [-0.05, 0) is 288 Å². The van der Waals surface area contributed by atoms with E-state index in [4.69, 9.17) is 0 Å². The molecule has 662 valence electrons. The number of para-hydroxylation sites is 12. The molecule has 0 saturated heterocycles. The van der Waals surface area contributed by atoms with Crippen molar-refractivity contribution in [1.29, 1.82) is 0 Å². The summed E-state index contributed by atoms with van der Waals surface area (Å²) in [6.45, 7) is -0.465. The fraction of sp³-hybridized carbons (Fsp3) is 0. The molecule has 0 aromatic heterocycles. The van der Waals surface area contributed by atoms with Crippen molar-refractivity contribution < 1.29 is 0 Å². The van der Waals surface area contributed by atoms with E-state index in [0.717, 1.165) is 22.6 Å². The number of fused-ring (bicyclic) bond motifs is 38. The Morgan fingerprint density at radius 1 is 0.116 bits per heavy atom. The van der Waals surface area contributed by atoms with Gasteiger partial charge in [0.25, 0.3) is 47.0 Å². The standard InChI is InChI=1S/C130H76B7N9/c1-3-33-82(34-4-1)139-102-49-20-10-39-87(102)132-89-41-12-22-51-104(89)142-105-52-23-13-42-90(105)133-96-69-64-81(75-115(96)140(83-35-5-2-6-36-83)118-76-117(139)121(132)127(142)122(118)133)79-65-71-111-99(73-79)137-95-47-18-26-55-108(95)143-106-53-24-15-44-92(106)134-94-46-17-28-57-110(94)146-116-74-80(63-68-97(116)135-93-45-16-25-54-107(93)144(111)129-124(135)130(146)123(134)128(143)125(129)137)77-61-66-84(67-62-77)138-101-48-19-9-38-86(101)131-91-43-14-27-56-109(91)145-113-60-30-59-112-119(113)136(98-70-72-114(138)120(131)126(98)145)88-40-11-21-50-103(88)141(112)100-58-29-32-78-31-7-8-37-85(78)100/h1-76H. The third-order valence-electron chi connectivity index (χ3n) is 35.3. The fourth-order valence-corrected chi connectivity index (χ4v) is 30.0. The second-order valence-electron chi connectivity index (χ2n) is 41.7. The highest BCUT2D eigenvalue weighted by atomic mass is 15.3. The summed E-state index contributed by atoms with van der Waals surface area (Å²) < 4.78 is 0. The lowest BCUT2D eigenvalue weighted by atomic mass is 9.24. The Hall–Kier alpha value is -18.2. The molecular formula is C130H76B7N9. The van der Waals surface area contributed by atoms with Crippen LogP contribution in [0.5, 0.6) is 0 Å². The van der Waals surface area contributed by atoms with Crippen molar-refractivity contribution in [1.82, 2.24) is 0 Å². The molecule has 0 bridgehead atoms. The SMILES string of the molecule is c1ccc(N2c3ccccc3B3c4ccccc4N4c5ccccc5B5c6ccc(-c7ccc8c(c7)B7c9ccccc9N9c%10ccccc%10B%10c%11ccccc%11N%11c%12cc(-c%13ccc(N%14c%15ccccc%15B%15c%16ccccc%16N%16c%17cccc%18c%17B(c%17ccccc%17N%18c%17cccc%18ccccc%17%18)c%17ccc%14c%15c%17%16)cc%13)ccc%12B%12c%13ccccc%13N8c8c7c9c%10c%11c8%12)cc6N(c6ccccc6)c6cc2c3c4c65)cc1. The van der Waals surface area contributed by atoms with Crippen molar-refractivity contribution in [2.45, 2.75) is 0 Å². The molecule has 9 nitrogen and oxygen atoms in total. The van der Waals surface area contributed by atoms with Gasteiger partial charge < -0.3 is 44.1 Å². The first-order valence-corrected chi connectivity index (χ1v) is 51.5. The molecule has 14 aliphatic rings. The molecule has 14 aliphatic heterocycles. The van der Waals surface area contributed by atoms with E-state index in [1.54, 1.807) is 0 Å². The molecule has 146 heavy (non-hydrogen) atoms. The maximum atomic E-state index is 2.74. The predicted octanol–water partition coefficient (Wildman–Crippen LogP) is 17.4. The lowest BCUT2D eigenvalue weighted by molar-refractivity contribution is 1.23. The first kappa shape index (κ1) is 77.5. The first-order valence-electron chi connectivity index (χ1n) is 51.5. The van der Waals surface area contributed by atoms with Gasteiger partial charge in [0.2, 0.25) is 0 Å². The predicted molar refractivity (Wildman–Crippen MR) is 620 cm³/mol. The van der Waals surface area contributed by atoms with Crippen molar-refractivity contribution in [3.05, 3.63) is 461 Å². The smallest absolute Gasteiger partial charge is 0.252 e. The third-order valence-corrected chi connectivity index (χ3v) is 35.3.